The minimum Gasteiger partial charge on any atom is -0.481 e. The quantitative estimate of drug-likeness (QED) is 0.935. The van der Waals surface area contributed by atoms with Crippen molar-refractivity contribution in [2.75, 3.05) is 11.4 Å². The fraction of sp³-hybridized carbons (Fsp3) is 0.158. The predicted octanol–water partition coefficient (Wildman–Crippen LogP) is 1.65. The van der Waals surface area contributed by atoms with E-state index in [1.165, 1.54) is 0 Å². The highest BCUT2D eigenvalue weighted by molar-refractivity contribution is 5.69. The van der Waals surface area contributed by atoms with Gasteiger partial charge in [0.15, 0.2) is 5.82 Å². The van der Waals surface area contributed by atoms with Gasteiger partial charge < -0.3 is 10.0 Å². The van der Waals surface area contributed by atoms with Gasteiger partial charge in [-0.2, -0.15) is 0 Å². The maximum Gasteiger partial charge on any atom is 0.305 e. The molecule has 120 valence electrons. The molecule has 0 unspecified atom stereocenters. The molecule has 0 radical (unpaired) electrons. The third kappa shape index (κ3) is 2.65. The second-order valence-corrected chi connectivity index (χ2v) is 5.90. The third-order valence-electron chi connectivity index (χ3n) is 4.22. The standard InChI is InChI=1S/C19H17N3O2/c23-19(24)9-10-21-11-15-6-2-4-8-17(15)22-12-14-5-1-3-7-16(14)20-18(22)13-21/h1-8,12-13H,9-11H2,(H,23,24). The molecule has 1 N–H and O–H groups in total. The van der Waals surface area contributed by atoms with Crippen molar-refractivity contribution in [1.82, 2.24) is 4.90 Å². The van der Waals surface area contributed by atoms with Gasteiger partial charge in [0.25, 0.3) is 0 Å². The van der Waals surface area contributed by atoms with Crippen LogP contribution in [-0.4, -0.2) is 22.5 Å². The lowest BCUT2D eigenvalue weighted by atomic mass is 10.1. The normalized spacial score (nSPS) is 15.1. The lowest BCUT2D eigenvalue weighted by molar-refractivity contribution is -0.137. The van der Waals surface area contributed by atoms with E-state index in [1.54, 1.807) is 0 Å². The molecule has 0 spiro atoms. The van der Waals surface area contributed by atoms with Crippen molar-refractivity contribution >= 4 is 17.9 Å². The highest BCUT2D eigenvalue weighted by Gasteiger charge is 2.21. The predicted molar refractivity (Wildman–Crippen MR) is 91.4 cm³/mol. The van der Waals surface area contributed by atoms with E-state index in [1.807, 2.05) is 47.5 Å². The minimum absolute atomic E-state index is 0.103. The zero-order chi connectivity index (χ0) is 16.5. The number of aliphatic carboxylic acids is 1. The molecule has 0 fully saturated rings. The van der Waals surface area contributed by atoms with E-state index >= 15 is 0 Å². The molecule has 5 nitrogen and oxygen atoms in total. The van der Waals surface area contributed by atoms with Crippen molar-refractivity contribution < 1.29 is 9.90 Å². The highest BCUT2D eigenvalue weighted by Crippen LogP contribution is 2.30. The van der Waals surface area contributed by atoms with Crippen LogP contribution < -0.4 is 15.5 Å². The Morgan fingerprint density at radius 2 is 1.88 bits per heavy atom. The highest BCUT2D eigenvalue weighted by atomic mass is 16.4. The molecule has 0 saturated heterocycles. The second-order valence-electron chi connectivity index (χ2n) is 5.90. The van der Waals surface area contributed by atoms with Gasteiger partial charge in [0.2, 0.25) is 0 Å². The van der Waals surface area contributed by atoms with Crippen LogP contribution in [0.3, 0.4) is 0 Å². The largest absolute Gasteiger partial charge is 0.481 e. The Bertz CT molecular complexity index is 949. The molecule has 4 rings (SSSR count). The summed E-state index contributed by atoms with van der Waals surface area (Å²) in [5.74, 6) is 0.0179. The molecule has 0 aliphatic carbocycles. The topological polar surface area (TPSA) is 56.1 Å². The summed E-state index contributed by atoms with van der Waals surface area (Å²) in [4.78, 5) is 19.8. The van der Waals surface area contributed by atoms with Crippen molar-refractivity contribution in [2.24, 2.45) is 4.99 Å². The Kier molecular flexibility index (Phi) is 3.54. The van der Waals surface area contributed by atoms with Crippen molar-refractivity contribution in [1.29, 1.82) is 0 Å². The van der Waals surface area contributed by atoms with Crippen LogP contribution in [0, 0.1) is 0 Å². The molecule has 0 saturated carbocycles. The molecule has 5 heteroatoms. The zero-order valence-corrected chi connectivity index (χ0v) is 13.1. The fourth-order valence-electron chi connectivity index (χ4n) is 3.06. The average molecular weight is 319 g/mol. The molecule has 0 aromatic heterocycles. The average Bonchev–Trinajstić information content (AvgIpc) is 2.74. The van der Waals surface area contributed by atoms with Crippen LogP contribution in [0.2, 0.25) is 0 Å². The summed E-state index contributed by atoms with van der Waals surface area (Å²) in [7, 11) is 0. The van der Waals surface area contributed by atoms with E-state index in [2.05, 4.69) is 23.2 Å². The van der Waals surface area contributed by atoms with Crippen molar-refractivity contribution in [3.05, 3.63) is 76.7 Å². The number of rotatable bonds is 3. The van der Waals surface area contributed by atoms with Gasteiger partial charge in [-0.1, -0.05) is 36.4 Å². The Morgan fingerprint density at radius 3 is 2.75 bits per heavy atom. The molecule has 2 aliphatic rings. The van der Waals surface area contributed by atoms with E-state index in [-0.39, 0.29) is 6.42 Å². The van der Waals surface area contributed by atoms with Gasteiger partial charge in [0.05, 0.1) is 17.5 Å². The summed E-state index contributed by atoms with van der Waals surface area (Å²) < 4.78 is 0. The lowest BCUT2D eigenvalue weighted by Crippen LogP contribution is -2.34. The summed E-state index contributed by atoms with van der Waals surface area (Å²) >= 11 is 0. The maximum atomic E-state index is 10.9. The van der Waals surface area contributed by atoms with E-state index in [9.17, 15) is 4.79 Å². The molecule has 24 heavy (non-hydrogen) atoms. The molecular formula is C19H17N3O2. The van der Waals surface area contributed by atoms with E-state index < -0.39 is 5.97 Å². The first-order chi connectivity index (χ1) is 11.7. The first kappa shape index (κ1) is 14.5. The van der Waals surface area contributed by atoms with E-state index in [4.69, 9.17) is 10.1 Å². The van der Waals surface area contributed by atoms with Crippen LogP contribution in [0.5, 0.6) is 0 Å². The van der Waals surface area contributed by atoms with Crippen LogP contribution in [0.4, 0.5) is 5.69 Å². The van der Waals surface area contributed by atoms with Crippen LogP contribution in [-0.2, 0) is 11.3 Å². The van der Waals surface area contributed by atoms with E-state index in [0.29, 0.717) is 13.1 Å². The second kappa shape index (κ2) is 5.85. The van der Waals surface area contributed by atoms with Crippen molar-refractivity contribution in [3.8, 4) is 0 Å². The first-order valence-electron chi connectivity index (χ1n) is 7.91. The monoisotopic (exact) mass is 319 g/mol. The number of carboxylic acid groups (broad SMARTS) is 1. The fourth-order valence-corrected chi connectivity index (χ4v) is 3.06. The molecule has 2 aliphatic heterocycles. The zero-order valence-electron chi connectivity index (χ0n) is 13.1. The molecular weight excluding hydrogens is 302 g/mol. The number of carbonyl (C=O) groups is 1. The number of benzene rings is 2. The Balaban J connectivity index is 1.84. The van der Waals surface area contributed by atoms with Gasteiger partial charge >= 0.3 is 5.97 Å². The molecule has 2 aromatic carbocycles. The number of carboxylic acids is 1. The van der Waals surface area contributed by atoms with Gasteiger partial charge in [-0.25, -0.2) is 4.99 Å². The summed E-state index contributed by atoms with van der Waals surface area (Å²) in [5, 5.41) is 11.0. The van der Waals surface area contributed by atoms with Gasteiger partial charge in [0.1, 0.15) is 0 Å². The number of hydrogen-bond donors (Lipinski definition) is 1. The van der Waals surface area contributed by atoms with Crippen LogP contribution in [0.15, 0.2) is 65.5 Å². The van der Waals surface area contributed by atoms with Crippen molar-refractivity contribution in [2.45, 2.75) is 13.0 Å². The van der Waals surface area contributed by atoms with Crippen LogP contribution >= 0.6 is 0 Å². The molecule has 0 atom stereocenters. The van der Waals surface area contributed by atoms with Crippen molar-refractivity contribution in [3.63, 3.8) is 0 Å². The molecule has 2 aromatic rings. The summed E-state index contributed by atoms with van der Waals surface area (Å²) in [5.41, 5.74) is 2.24. The van der Waals surface area contributed by atoms with E-state index in [0.717, 1.165) is 27.6 Å². The molecule has 0 bridgehead atoms. The third-order valence-corrected chi connectivity index (χ3v) is 4.22. The lowest BCUT2D eigenvalue weighted by Gasteiger charge is -2.23. The Hall–Kier alpha value is -3.08. The minimum atomic E-state index is -0.791. The smallest absolute Gasteiger partial charge is 0.305 e. The van der Waals surface area contributed by atoms with Gasteiger partial charge in [0, 0.05) is 30.7 Å². The number of para-hydroxylation sites is 2. The Morgan fingerprint density at radius 1 is 1.08 bits per heavy atom. The number of hydrogen-bond acceptors (Lipinski definition) is 4. The van der Waals surface area contributed by atoms with Gasteiger partial charge in [-0.05, 0) is 17.7 Å². The maximum absolute atomic E-state index is 10.9. The first-order valence-corrected chi connectivity index (χ1v) is 7.91. The van der Waals surface area contributed by atoms with Crippen LogP contribution in [0.1, 0.15) is 12.0 Å². The van der Waals surface area contributed by atoms with Crippen LogP contribution in [0.25, 0.3) is 6.20 Å². The SMILES string of the molecule is O=C(O)CCN1C=C2N=c3ccccc3=CN2c2ccccc2C1. The summed E-state index contributed by atoms with van der Waals surface area (Å²) in [6.07, 6.45) is 4.15. The number of fused-ring (bicyclic) bond motifs is 4. The Labute approximate surface area is 139 Å². The summed E-state index contributed by atoms with van der Waals surface area (Å²) in [6.45, 7) is 1.13. The van der Waals surface area contributed by atoms with Gasteiger partial charge in [-0.3, -0.25) is 9.69 Å². The molecule has 2 heterocycles. The van der Waals surface area contributed by atoms with Gasteiger partial charge in [-0.15, -0.1) is 0 Å². The number of anilines is 1. The number of nitrogens with zero attached hydrogens (tertiary/aromatic N) is 3. The molecule has 0 amide bonds. The summed E-state index contributed by atoms with van der Waals surface area (Å²) in [6, 6.07) is 16.2.